The van der Waals surface area contributed by atoms with Crippen molar-refractivity contribution in [1.82, 2.24) is 0 Å². The van der Waals surface area contributed by atoms with E-state index in [1.807, 2.05) is 0 Å². The molecule has 1 aliphatic carbocycles. The van der Waals surface area contributed by atoms with Crippen molar-refractivity contribution in [2.45, 2.75) is 58.1 Å². The van der Waals surface area contributed by atoms with Crippen molar-refractivity contribution in [2.24, 2.45) is 17.8 Å². The maximum Gasteiger partial charge on any atom is 0.573 e. The zero-order valence-electron chi connectivity index (χ0n) is 19.3. The van der Waals surface area contributed by atoms with Crippen LogP contribution in [0, 0.1) is 35.2 Å². The number of hydrogen-bond donors (Lipinski definition) is 0. The molecule has 0 N–H and O–H groups in total. The minimum Gasteiger partial charge on any atom is -0.399 e. The molecular formula is C26H28F6O3. The van der Waals surface area contributed by atoms with Crippen LogP contribution in [0.3, 0.4) is 0 Å². The van der Waals surface area contributed by atoms with Gasteiger partial charge in [-0.3, -0.25) is 0 Å². The molecule has 2 aromatic carbocycles. The third-order valence-corrected chi connectivity index (χ3v) is 6.97. The molecular weight excluding hydrogens is 474 g/mol. The van der Waals surface area contributed by atoms with E-state index in [0.717, 1.165) is 24.8 Å². The lowest BCUT2D eigenvalue weighted by atomic mass is 9.75. The van der Waals surface area contributed by atoms with E-state index in [1.54, 1.807) is 0 Å². The smallest absolute Gasteiger partial charge is 0.399 e. The largest absolute Gasteiger partial charge is 0.573 e. The SMILES string of the molecule is CCCC1CCC(C2COC(c3ccc(-c4cc(F)c(OC(F)(F)F)c(F)c4)c(F)c3)OC2)CC1. The third kappa shape index (κ3) is 6.30. The predicted molar refractivity (Wildman–Crippen MR) is 117 cm³/mol. The Morgan fingerprint density at radius 3 is 2.03 bits per heavy atom. The van der Waals surface area contributed by atoms with E-state index >= 15 is 0 Å². The maximum atomic E-state index is 14.8. The molecule has 2 aliphatic rings. The minimum absolute atomic E-state index is 0.178. The normalized spacial score (nSPS) is 25.5. The maximum absolute atomic E-state index is 14.8. The summed E-state index contributed by atoms with van der Waals surface area (Å²) in [5, 5.41) is 0. The Morgan fingerprint density at radius 2 is 1.49 bits per heavy atom. The fraction of sp³-hybridized carbons (Fsp3) is 0.538. The first-order valence-corrected chi connectivity index (χ1v) is 11.9. The van der Waals surface area contributed by atoms with Crippen LogP contribution in [0.25, 0.3) is 11.1 Å². The number of rotatable bonds is 6. The van der Waals surface area contributed by atoms with Crippen molar-refractivity contribution in [3.05, 3.63) is 53.3 Å². The molecule has 1 aliphatic heterocycles. The van der Waals surface area contributed by atoms with Crippen molar-refractivity contribution in [3.8, 4) is 16.9 Å². The molecule has 0 radical (unpaired) electrons. The first kappa shape index (κ1) is 25.8. The van der Waals surface area contributed by atoms with Gasteiger partial charge >= 0.3 is 6.36 Å². The topological polar surface area (TPSA) is 27.7 Å². The molecule has 2 fully saturated rings. The van der Waals surface area contributed by atoms with Crippen molar-refractivity contribution >= 4 is 0 Å². The van der Waals surface area contributed by atoms with Crippen LogP contribution in [-0.2, 0) is 9.47 Å². The summed E-state index contributed by atoms with van der Waals surface area (Å²) in [5.41, 5.74) is -0.0280. The van der Waals surface area contributed by atoms with Crippen molar-refractivity contribution in [1.29, 1.82) is 0 Å². The highest BCUT2D eigenvalue weighted by Gasteiger charge is 2.35. The molecule has 35 heavy (non-hydrogen) atoms. The molecule has 4 rings (SSSR count). The van der Waals surface area contributed by atoms with Crippen LogP contribution >= 0.6 is 0 Å². The first-order chi connectivity index (χ1) is 16.6. The van der Waals surface area contributed by atoms with Gasteiger partial charge in [-0.1, -0.05) is 44.7 Å². The van der Waals surface area contributed by atoms with E-state index in [-0.39, 0.29) is 11.1 Å². The third-order valence-electron chi connectivity index (χ3n) is 6.97. The molecule has 0 spiro atoms. The second-order valence-electron chi connectivity index (χ2n) is 9.38. The van der Waals surface area contributed by atoms with Crippen molar-refractivity contribution in [3.63, 3.8) is 0 Å². The minimum atomic E-state index is -5.26. The Hall–Kier alpha value is -2.26. The van der Waals surface area contributed by atoms with Crippen molar-refractivity contribution < 1.29 is 40.6 Å². The Labute approximate surface area is 200 Å². The summed E-state index contributed by atoms with van der Waals surface area (Å²) in [6, 6.07) is 5.13. The Kier molecular flexibility index (Phi) is 7.96. The summed E-state index contributed by atoms with van der Waals surface area (Å²) in [6.07, 6.45) is 1.26. The summed E-state index contributed by atoms with van der Waals surface area (Å²) < 4.78 is 95.1. The second kappa shape index (κ2) is 10.8. The Balaban J connectivity index is 1.40. The standard InChI is InChI=1S/C26H28F6O3/c1-2-3-15-4-6-16(7-5-15)19-13-33-25(34-14-19)17-8-9-20(21(27)10-17)18-11-22(28)24(23(29)12-18)35-26(30,31)32/h8-12,15-16,19,25H,2-7,13-14H2,1H3. The van der Waals surface area contributed by atoms with E-state index in [1.165, 1.54) is 37.8 Å². The van der Waals surface area contributed by atoms with Crippen LogP contribution in [0.4, 0.5) is 26.3 Å². The highest BCUT2D eigenvalue weighted by molar-refractivity contribution is 5.66. The summed E-state index contributed by atoms with van der Waals surface area (Å²) in [4.78, 5) is 0. The number of alkyl halides is 3. The van der Waals surface area contributed by atoms with Crippen LogP contribution < -0.4 is 4.74 Å². The van der Waals surface area contributed by atoms with E-state index in [0.29, 0.717) is 42.7 Å². The summed E-state index contributed by atoms with van der Waals surface area (Å²) >= 11 is 0. The van der Waals surface area contributed by atoms with E-state index < -0.39 is 35.9 Å². The Morgan fingerprint density at radius 1 is 0.857 bits per heavy atom. The van der Waals surface area contributed by atoms with Gasteiger partial charge in [0, 0.05) is 17.0 Å². The molecule has 1 heterocycles. The van der Waals surface area contributed by atoms with Gasteiger partial charge in [0.1, 0.15) is 5.82 Å². The predicted octanol–water partition coefficient (Wildman–Crippen LogP) is 7.94. The van der Waals surface area contributed by atoms with Gasteiger partial charge in [0.15, 0.2) is 17.9 Å². The molecule has 0 aromatic heterocycles. The van der Waals surface area contributed by atoms with Crippen LogP contribution in [-0.4, -0.2) is 19.6 Å². The highest BCUT2D eigenvalue weighted by atomic mass is 19.4. The van der Waals surface area contributed by atoms with Crippen LogP contribution in [0.2, 0.25) is 0 Å². The molecule has 2 aromatic rings. The number of halogens is 6. The van der Waals surface area contributed by atoms with Gasteiger partial charge in [0.2, 0.25) is 5.75 Å². The van der Waals surface area contributed by atoms with Gasteiger partial charge in [-0.25, -0.2) is 13.2 Å². The monoisotopic (exact) mass is 502 g/mol. The average molecular weight is 502 g/mol. The van der Waals surface area contributed by atoms with Crippen LogP contribution in [0.1, 0.15) is 57.3 Å². The molecule has 0 unspecified atom stereocenters. The summed E-state index contributed by atoms with van der Waals surface area (Å²) in [7, 11) is 0. The lowest BCUT2D eigenvalue weighted by molar-refractivity contribution is -0.276. The molecule has 1 saturated heterocycles. The first-order valence-electron chi connectivity index (χ1n) is 11.9. The van der Waals surface area contributed by atoms with Crippen molar-refractivity contribution in [2.75, 3.05) is 13.2 Å². The van der Waals surface area contributed by atoms with E-state index in [2.05, 4.69) is 11.7 Å². The zero-order chi connectivity index (χ0) is 25.2. The lowest BCUT2D eigenvalue weighted by Crippen LogP contribution is -2.34. The second-order valence-corrected chi connectivity index (χ2v) is 9.38. The number of ether oxygens (including phenoxy) is 3. The fourth-order valence-corrected chi connectivity index (χ4v) is 5.18. The van der Waals surface area contributed by atoms with Crippen LogP contribution in [0.15, 0.2) is 30.3 Å². The van der Waals surface area contributed by atoms with Gasteiger partial charge in [-0.05, 0) is 48.4 Å². The van der Waals surface area contributed by atoms with E-state index in [9.17, 15) is 26.3 Å². The molecule has 0 atom stereocenters. The molecule has 9 heteroatoms. The lowest BCUT2D eigenvalue weighted by Gasteiger charge is -2.37. The molecule has 3 nitrogen and oxygen atoms in total. The van der Waals surface area contributed by atoms with Gasteiger partial charge in [0.25, 0.3) is 0 Å². The molecule has 1 saturated carbocycles. The fourth-order valence-electron chi connectivity index (χ4n) is 5.18. The van der Waals surface area contributed by atoms with Gasteiger partial charge in [-0.2, -0.15) is 0 Å². The quantitative estimate of drug-likeness (QED) is 0.376. The summed E-state index contributed by atoms with van der Waals surface area (Å²) in [6.45, 7) is 3.23. The zero-order valence-corrected chi connectivity index (χ0v) is 19.3. The molecule has 192 valence electrons. The molecule has 0 amide bonds. The molecule has 0 bridgehead atoms. The van der Waals surface area contributed by atoms with Crippen LogP contribution in [0.5, 0.6) is 5.75 Å². The van der Waals surface area contributed by atoms with Gasteiger partial charge in [0.05, 0.1) is 13.2 Å². The Bertz CT molecular complexity index is 986. The average Bonchev–Trinajstić information content (AvgIpc) is 2.81. The number of benzene rings is 2. The van der Waals surface area contributed by atoms with Gasteiger partial charge in [-0.15, -0.1) is 13.2 Å². The van der Waals surface area contributed by atoms with Gasteiger partial charge < -0.3 is 14.2 Å². The highest BCUT2D eigenvalue weighted by Crippen LogP contribution is 2.39. The summed E-state index contributed by atoms with van der Waals surface area (Å²) in [5.74, 6) is -3.92. The number of hydrogen-bond acceptors (Lipinski definition) is 3. The van der Waals surface area contributed by atoms with E-state index in [4.69, 9.17) is 9.47 Å².